The lowest BCUT2D eigenvalue weighted by molar-refractivity contribution is -0.151. The van der Waals surface area contributed by atoms with E-state index in [0.29, 0.717) is 19.3 Å². The fourth-order valence-electron chi connectivity index (χ4n) is 7.85. The summed E-state index contributed by atoms with van der Waals surface area (Å²) in [7, 11) is 0. The molecule has 62 heavy (non-hydrogen) atoms. The van der Waals surface area contributed by atoms with Crippen LogP contribution in [0.15, 0.2) is 60.8 Å². The van der Waals surface area contributed by atoms with E-state index in [4.69, 9.17) is 4.74 Å². The first-order chi connectivity index (χ1) is 30.5. The highest BCUT2D eigenvalue weighted by Gasteiger charge is 2.24. The summed E-state index contributed by atoms with van der Waals surface area (Å²) in [6.07, 6.45) is 61.4. The number of aliphatic hydroxyl groups excluding tert-OH is 2. The van der Waals surface area contributed by atoms with E-state index in [1.54, 1.807) is 0 Å². The fourth-order valence-corrected chi connectivity index (χ4v) is 7.85. The molecular weight excluding hydrogens is 767 g/mol. The van der Waals surface area contributed by atoms with Gasteiger partial charge in [0.1, 0.15) is 6.10 Å². The Balaban J connectivity index is 4.65. The number of carbonyl (C=O) groups is 2. The van der Waals surface area contributed by atoms with Gasteiger partial charge in [-0.1, -0.05) is 223 Å². The van der Waals surface area contributed by atoms with Crippen molar-refractivity contribution in [3.63, 3.8) is 0 Å². The third kappa shape index (κ3) is 44.2. The minimum Gasteiger partial charge on any atom is -0.462 e. The van der Waals surface area contributed by atoms with Crippen LogP contribution >= 0.6 is 0 Å². The van der Waals surface area contributed by atoms with Gasteiger partial charge in [-0.15, -0.1) is 0 Å². The van der Waals surface area contributed by atoms with Crippen molar-refractivity contribution in [2.45, 2.75) is 277 Å². The number of hydrogen-bond acceptors (Lipinski definition) is 5. The number of unbranched alkanes of at least 4 members (excludes halogenated alkanes) is 26. The van der Waals surface area contributed by atoms with Crippen molar-refractivity contribution in [1.82, 2.24) is 5.32 Å². The number of nitrogens with one attached hydrogen (secondary N) is 1. The molecule has 0 aromatic rings. The topological polar surface area (TPSA) is 95.9 Å². The van der Waals surface area contributed by atoms with Gasteiger partial charge in [-0.2, -0.15) is 0 Å². The Hall–Kier alpha value is -2.44. The maximum atomic E-state index is 13.2. The summed E-state index contributed by atoms with van der Waals surface area (Å²) in [4.78, 5) is 26.2. The minimum atomic E-state index is -0.798. The molecule has 0 bridgehead atoms. The lowest BCUT2D eigenvalue weighted by Gasteiger charge is -2.24. The molecule has 360 valence electrons. The second-order valence-electron chi connectivity index (χ2n) is 17.9. The molecule has 3 N–H and O–H groups in total. The highest BCUT2D eigenvalue weighted by molar-refractivity contribution is 5.77. The molecule has 0 aromatic carbocycles. The van der Waals surface area contributed by atoms with Crippen LogP contribution in [-0.4, -0.2) is 46.9 Å². The smallest absolute Gasteiger partial charge is 0.306 e. The Morgan fingerprint density at radius 1 is 0.500 bits per heavy atom. The molecule has 0 aliphatic rings. The predicted octanol–water partition coefficient (Wildman–Crippen LogP) is 16.0. The minimum absolute atomic E-state index is 0.0535. The molecule has 0 saturated heterocycles. The van der Waals surface area contributed by atoms with Crippen LogP contribution in [0.1, 0.15) is 258 Å². The third-order valence-electron chi connectivity index (χ3n) is 11.9. The van der Waals surface area contributed by atoms with Crippen molar-refractivity contribution >= 4 is 11.9 Å². The zero-order valence-corrected chi connectivity index (χ0v) is 41.0. The van der Waals surface area contributed by atoms with Crippen LogP contribution < -0.4 is 5.32 Å². The third-order valence-corrected chi connectivity index (χ3v) is 11.9. The van der Waals surface area contributed by atoms with Gasteiger partial charge < -0.3 is 20.3 Å². The highest BCUT2D eigenvalue weighted by Crippen LogP contribution is 2.17. The highest BCUT2D eigenvalue weighted by atomic mass is 16.5. The molecular formula is C56H101NO5. The monoisotopic (exact) mass is 868 g/mol. The Labute approximate surface area is 384 Å². The maximum Gasteiger partial charge on any atom is 0.306 e. The van der Waals surface area contributed by atoms with Crippen LogP contribution in [0.3, 0.4) is 0 Å². The molecule has 0 fully saturated rings. The lowest BCUT2D eigenvalue weighted by atomic mass is 10.0. The van der Waals surface area contributed by atoms with E-state index < -0.39 is 18.2 Å². The Bertz CT molecular complexity index is 1110. The molecule has 1 amide bonds. The van der Waals surface area contributed by atoms with Crippen molar-refractivity contribution in [3.05, 3.63) is 60.8 Å². The van der Waals surface area contributed by atoms with Gasteiger partial charge in [0.2, 0.25) is 5.91 Å². The number of aliphatic hydroxyl groups is 2. The first-order valence-corrected chi connectivity index (χ1v) is 26.5. The average Bonchev–Trinajstić information content (AvgIpc) is 3.26. The molecule has 0 saturated carbocycles. The first kappa shape index (κ1) is 59.6. The molecule has 0 heterocycles. The molecule has 0 spiro atoms. The summed E-state index contributed by atoms with van der Waals surface area (Å²) in [5.74, 6) is -0.512. The number of amides is 1. The van der Waals surface area contributed by atoms with Gasteiger partial charge in [-0.25, -0.2) is 0 Å². The summed E-state index contributed by atoms with van der Waals surface area (Å²) in [6.45, 7) is 6.36. The molecule has 6 heteroatoms. The van der Waals surface area contributed by atoms with Crippen LogP contribution in [0.25, 0.3) is 0 Å². The number of hydrogen-bond donors (Lipinski definition) is 3. The Morgan fingerprint density at radius 3 is 1.44 bits per heavy atom. The first-order valence-electron chi connectivity index (χ1n) is 26.5. The number of ether oxygens (including phenoxy) is 1. The predicted molar refractivity (Wildman–Crippen MR) is 268 cm³/mol. The van der Waals surface area contributed by atoms with Crippen molar-refractivity contribution < 1.29 is 24.5 Å². The van der Waals surface area contributed by atoms with Gasteiger partial charge in [0.25, 0.3) is 0 Å². The van der Waals surface area contributed by atoms with E-state index in [1.807, 2.05) is 0 Å². The summed E-state index contributed by atoms with van der Waals surface area (Å²) in [5, 5.41) is 23.7. The van der Waals surface area contributed by atoms with Crippen molar-refractivity contribution in [2.75, 3.05) is 6.61 Å². The van der Waals surface area contributed by atoms with E-state index >= 15 is 0 Å². The normalized spacial score (nSPS) is 13.7. The number of rotatable bonds is 47. The number of allylic oxidation sites excluding steroid dienone is 10. The van der Waals surface area contributed by atoms with Crippen LogP contribution in [0.2, 0.25) is 0 Å². The molecule has 0 aliphatic heterocycles. The molecule has 3 atom stereocenters. The SMILES string of the molecule is CC/C=C/C/C=C/C/C=C/CCCCCCCCC(=O)OC(CCCCC/C=C/C=C/CCCCCCCCC)CC(=O)NC(CO)C(O)CCCCCCCCCCCCC. The van der Waals surface area contributed by atoms with E-state index in [-0.39, 0.29) is 24.9 Å². The molecule has 3 unspecified atom stereocenters. The molecule has 0 radical (unpaired) electrons. The van der Waals surface area contributed by atoms with Gasteiger partial charge in [0.05, 0.1) is 25.2 Å². The zero-order chi connectivity index (χ0) is 45.2. The fraction of sp³-hybridized carbons (Fsp3) is 0.786. The van der Waals surface area contributed by atoms with Gasteiger partial charge in [0, 0.05) is 6.42 Å². The quantitative estimate of drug-likeness (QED) is 0.0245. The van der Waals surface area contributed by atoms with Crippen LogP contribution in [0.5, 0.6) is 0 Å². The van der Waals surface area contributed by atoms with Gasteiger partial charge in [-0.3, -0.25) is 9.59 Å². The van der Waals surface area contributed by atoms with E-state index in [2.05, 4.69) is 86.8 Å². The molecule has 6 nitrogen and oxygen atoms in total. The van der Waals surface area contributed by atoms with Gasteiger partial charge in [0.15, 0.2) is 0 Å². The number of carbonyl (C=O) groups excluding carboxylic acids is 2. The summed E-state index contributed by atoms with van der Waals surface area (Å²) < 4.78 is 5.93. The summed E-state index contributed by atoms with van der Waals surface area (Å²) in [5.41, 5.74) is 0. The average molecular weight is 868 g/mol. The second-order valence-corrected chi connectivity index (χ2v) is 17.9. The largest absolute Gasteiger partial charge is 0.462 e. The molecule has 0 aliphatic carbocycles. The summed E-state index contributed by atoms with van der Waals surface area (Å²) in [6, 6.07) is -0.713. The Morgan fingerprint density at radius 2 is 0.919 bits per heavy atom. The van der Waals surface area contributed by atoms with Crippen LogP contribution in [0.4, 0.5) is 0 Å². The van der Waals surface area contributed by atoms with E-state index in [9.17, 15) is 19.8 Å². The zero-order valence-electron chi connectivity index (χ0n) is 41.0. The Kier molecular flexibility index (Phi) is 47.6. The summed E-state index contributed by atoms with van der Waals surface area (Å²) >= 11 is 0. The second kappa shape index (κ2) is 49.6. The van der Waals surface area contributed by atoms with E-state index in [0.717, 1.165) is 96.3 Å². The number of esters is 1. The van der Waals surface area contributed by atoms with Crippen molar-refractivity contribution in [3.8, 4) is 0 Å². The lowest BCUT2D eigenvalue weighted by Crippen LogP contribution is -2.46. The van der Waals surface area contributed by atoms with E-state index in [1.165, 1.54) is 116 Å². The van der Waals surface area contributed by atoms with Crippen LogP contribution in [0, 0.1) is 0 Å². The maximum absolute atomic E-state index is 13.2. The molecule has 0 aromatic heterocycles. The van der Waals surface area contributed by atoms with Crippen molar-refractivity contribution in [1.29, 1.82) is 0 Å². The molecule has 0 rings (SSSR count). The van der Waals surface area contributed by atoms with Crippen molar-refractivity contribution in [2.24, 2.45) is 0 Å². The van der Waals surface area contributed by atoms with Gasteiger partial charge in [-0.05, 0) is 83.5 Å². The van der Waals surface area contributed by atoms with Gasteiger partial charge >= 0.3 is 5.97 Å². The standard InChI is InChI=1S/C56H101NO5/c1-4-7-10-13-16-19-22-24-26-28-30-33-35-38-41-44-47-52(62-56(61)49-46-43-40-37-34-31-29-27-25-23-20-17-14-11-8-5-2)50-55(60)57-53(51-58)54(59)48-45-42-39-36-32-21-18-15-12-9-6-3/h8,11,17,20,25-28,30,33,52-54,58-59H,4-7,9-10,12-16,18-19,21-24,29,31-32,34-51H2,1-3H3,(H,57,60)/b11-8+,20-17+,27-25+,28-26+,33-30+. The van der Waals surface area contributed by atoms with Crippen LogP contribution in [-0.2, 0) is 14.3 Å².